The fourth-order valence-electron chi connectivity index (χ4n) is 3.84. The van der Waals surface area contributed by atoms with Gasteiger partial charge in [0.05, 0.1) is 24.7 Å². The van der Waals surface area contributed by atoms with Gasteiger partial charge in [0.15, 0.2) is 0 Å². The number of amides is 1. The number of nitrogens with one attached hydrogen (secondary N) is 2. The van der Waals surface area contributed by atoms with Crippen LogP contribution < -0.4 is 15.8 Å². The Hall–Kier alpha value is -1.85. The van der Waals surface area contributed by atoms with Crippen LogP contribution in [0, 0.1) is 0 Å². The van der Waals surface area contributed by atoms with Gasteiger partial charge in [0.1, 0.15) is 11.1 Å². The molecule has 2 aliphatic rings. The lowest BCUT2D eigenvalue weighted by Crippen LogP contribution is -2.45. The number of sulfonamides is 1. The molecular formula is C17H26ClN5O5S. The number of aromatic amines is 1. The van der Waals surface area contributed by atoms with Gasteiger partial charge in [0, 0.05) is 32.1 Å². The Balaban J connectivity index is 1.45. The number of rotatable bonds is 5. The second-order valence-electron chi connectivity index (χ2n) is 7.59. The third-order valence-electron chi connectivity index (χ3n) is 5.59. The molecule has 0 unspecified atom stereocenters. The number of aromatic nitrogens is 2. The fourth-order valence-corrected chi connectivity index (χ4v) is 4.81. The first-order valence-electron chi connectivity index (χ1n) is 9.53. The van der Waals surface area contributed by atoms with Crippen LogP contribution in [0.15, 0.2) is 11.0 Å². The Kier molecular flexibility index (Phi) is 6.69. The minimum Gasteiger partial charge on any atom is -0.444 e. The molecule has 0 bridgehead atoms. The van der Waals surface area contributed by atoms with Crippen molar-refractivity contribution in [3.8, 4) is 0 Å². The molecule has 0 radical (unpaired) electrons. The number of H-pyrrole nitrogens is 1. The van der Waals surface area contributed by atoms with E-state index in [0.717, 1.165) is 0 Å². The van der Waals surface area contributed by atoms with Crippen LogP contribution in [0.4, 0.5) is 10.5 Å². The number of halogens is 1. The Labute approximate surface area is 174 Å². The van der Waals surface area contributed by atoms with Gasteiger partial charge < -0.3 is 15.0 Å². The molecule has 1 atom stereocenters. The molecule has 0 spiro atoms. The Morgan fingerprint density at radius 2 is 2.03 bits per heavy atom. The first-order chi connectivity index (χ1) is 13.6. The van der Waals surface area contributed by atoms with Gasteiger partial charge in [-0.25, -0.2) is 22.6 Å². The van der Waals surface area contributed by atoms with E-state index in [-0.39, 0.29) is 23.2 Å². The van der Waals surface area contributed by atoms with Crippen LogP contribution in [0.5, 0.6) is 0 Å². The van der Waals surface area contributed by atoms with Crippen LogP contribution in [-0.4, -0.2) is 73.6 Å². The van der Waals surface area contributed by atoms with Crippen LogP contribution in [0.1, 0.15) is 32.1 Å². The fraction of sp³-hybridized carbons (Fsp3) is 0.706. The summed E-state index contributed by atoms with van der Waals surface area (Å²) < 4.78 is 30.2. The number of alkyl carbamates (subject to hydrolysis) is 1. The second-order valence-corrected chi connectivity index (χ2v) is 10.0. The SMILES string of the molecule is CN(C1CCC(NC(=O)O[C@@H]2CCN(c3cn[nH]c(=O)c3Cl)C2)CC1)S(C)(=O)=O. The van der Waals surface area contributed by atoms with E-state index in [0.29, 0.717) is 50.9 Å². The number of hydrogen-bond acceptors (Lipinski definition) is 7. The van der Waals surface area contributed by atoms with Crippen molar-refractivity contribution in [2.45, 2.75) is 50.3 Å². The first kappa shape index (κ1) is 21.8. The maximum absolute atomic E-state index is 12.3. The minimum absolute atomic E-state index is 0.0319. The number of ether oxygens (including phenoxy) is 1. The molecule has 2 N–H and O–H groups in total. The second kappa shape index (κ2) is 8.88. The van der Waals surface area contributed by atoms with Crippen molar-refractivity contribution in [2.24, 2.45) is 0 Å². The quantitative estimate of drug-likeness (QED) is 0.687. The number of anilines is 1. The highest BCUT2D eigenvalue weighted by Crippen LogP contribution is 2.26. The summed E-state index contributed by atoms with van der Waals surface area (Å²) in [6.45, 7) is 1.04. The molecule has 10 nitrogen and oxygen atoms in total. The lowest BCUT2D eigenvalue weighted by atomic mass is 9.91. The predicted octanol–water partition coefficient (Wildman–Crippen LogP) is 0.931. The molecule has 1 amide bonds. The first-order valence-corrected chi connectivity index (χ1v) is 11.8. The summed E-state index contributed by atoms with van der Waals surface area (Å²) in [6.07, 6.45) is 5.31. The molecule has 1 aromatic rings. The van der Waals surface area contributed by atoms with Crippen molar-refractivity contribution in [3.63, 3.8) is 0 Å². The van der Waals surface area contributed by atoms with E-state index in [9.17, 15) is 18.0 Å². The third kappa shape index (κ3) is 5.40. The number of hydrogen-bond donors (Lipinski definition) is 2. The predicted molar refractivity (Wildman–Crippen MR) is 109 cm³/mol. The van der Waals surface area contributed by atoms with E-state index in [2.05, 4.69) is 15.5 Å². The van der Waals surface area contributed by atoms with E-state index >= 15 is 0 Å². The molecule has 1 aliphatic heterocycles. The molecular weight excluding hydrogens is 422 g/mol. The minimum atomic E-state index is -3.21. The van der Waals surface area contributed by atoms with Gasteiger partial charge in [-0.2, -0.15) is 5.10 Å². The van der Waals surface area contributed by atoms with E-state index < -0.39 is 21.7 Å². The zero-order valence-electron chi connectivity index (χ0n) is 16.4. The summed E-state index contributed by atoms with van der Waals surface area (Å²) in [4.78, 5) is 25.7. The maximum Gasteiger partial charge on any atom is 0.407 e. The Morgan fingerprint density at radius 1 is 1.34 bits per heavy atom. The van der Waals surface area contributed by atoms with E-state index in [1.165, 1.54) is 16.8 Å². The zero-order chi connectivity index (χ0) is 21.2. The highest BCUT2D eigenvalue weighted by atomic mass is 35.5. The molecule has 12 heteroatoms. The summed E-state index contributed by atoms with van der Waals surface area (Å²) in [5.74, 6) is 0. The van der Waals surface area contributed by atoms with Crippen LogP contribution in [0.25, 0.3) is 0 Å². The molecule has 162 valence electrons. The van der Waals surface area contributed by atoms with Crippen molar-refractivity contribution < 1.29 is 17.9 Å². The smallest absolute Gasteiger partial charge is 0.407 e. The summed E-state index contributed by atoms with van der Waals surface area (Å²) in [5.41, 5.74) is 0.0682. The van der Waals surface area contributed by atoms with Crippen molar-refractivity contribution in [1.82, 2.24) is 19.8 Å². The van der Waals surface area contributed by atoms with Gasteiger partial charge in [-0.3, -0.25) is 4.79 Å². The van der Waals surface area contributed by atoms with Crippen LogP contribution in [-0.2, 0) is 14.8 Å². The van der Waals surface area contributed by atoms with Gasteiger partial charge in [0.25, 0.3) is 5.56 Å². The van der Waals surface area contributed by atoms with Crippen molar-refractivity contribution in [1.29, 1.82) is 0 Å². The van der Waals surface area contributed by atoms with Crippen LogP contribution in [0.2, 0.25) is 5.02 Å². The normalized spacial score (nSPS) is 25.2. The summed E-state index contributed by atoms with van der Waals surface area (Å²) >= 11 is 6.03. The summed E-state index contributed by atoms with van der Waals surface area (Å²) in [5, 5.41) is 8.98. The molecule has 1 saturated heterocycles. The molecule has 2 fully saturated rings. The standard InChI is InChI=1S/C17H26ClN5O5S/c1-22(29(2,26)27)12-5-3-11(4-6-12)20-17(25)28-13-7-8-23(10-13)14-9-19-21-16(24)15(14)18/h9,11-13H,3-8,10H2,1-2H3,(H,20,25)(H,21,24)/t11?,12?,13-/m1/s1. The molecule has 1 saturated carbocycles. The van der Waals surface area contributed by atoms with Crippen LogP contribution >= 0.6 is 11.6 Å². The number of carbonyl (C=O) groups excluding carboxylic acids is 1. The largest absolute Gasteiger partial charge is 0.444 e. The average Bonchev–Trinajstić information content (AvgIpc) is 3.11. The lowest BCUT2D eigenvalue weighted by molar-refractivity contribution is 0.101. The Bertz CT molecular complexity index is 900. The number of carbonyl (C=O) groups is 1. The van der Waals surface area contributed by atoms with E-state index in [1.807, 2.05) is 4.90 Å². The van der Waals surface area contributed by atoms with Gasteiger partial charge in [-0.15, -0.1) is 0 Å². The van der Waals surface area contributed by atoms with Gasteiger partial charge in [-0.1, -0.05) is 11.6 Å². The molecule has 3 rings (SSSR count). The lowest BCUT2D eigenvalue weighted by Gasteiger charge is -2.33. The molecule has 0 aromatic carbocycles. The van der Waals surface area contributed by atoms with Crippen LogP contribution in [0.3, 0.4) is 0 Å². The Morgan fingerprint density at radius 3 is 2.69 bits per heavy atom. The van der Waals surface area contributed by atoms with Gasteiger partial charge in [0.2, 0.25) is 10.0 Å². The van der Waals surface area contributed by atoms with Crippen molar-refractivity contribution in [3.05, 3.63) is 21.6 Å². The molecule has 2 heterocycles. The monoisotopic (exact) mass is 447 g/mol. The van der Waals surface area contributed by atoms with Gasteiger partial charge >= 0.3 is 6.09 Å². The summed E-state index contributed by atoms with van der Waals surface area (Å²) in [7, 11) is -1.62. The summed E-state index contributed by atoms with van der Waals surface area (Å²) in [6, 6.07) is -0.0645. The third-order valence-corrected chi connectivity index (χ3v) is 7.30. The average molecular weight is 448 g/mol. The van der Waals surface area contributed by atoms with E-state index in [4.69, 9.17) is 16.3 Å². The molecule has 1 aromatic heterocycles. The topological polar surface area (TPSA) is 125 Å². The zero-order valence-corrected chi connectivity index (χ0v) is 18.0. The molecule has 29 heavy (non-hydrogen) atoms. The highest BCUT2D eigenvalue weighted by molar-refractivity contribution is 7.88. The van der Waals surface area contributed by atoms with Gasteiger partial charge in [-0.05, 0) is 25.7 Å². The van der Waals surface area contributed by atoms with Crippen molar-refractivity contribution in [2.75, 3.05) is 31.3 Å². The van der Waals surface area contributed by atoms with E-state index in [1.54, 1.807) is 7.05 Å². The highest BCUT2D eigenvalue weighted by Gasteiger charge is 2.31. The van der Waals surface area contributed by atoms with Crippen molar-refractivity contribution >= 4 is 33.4 Å². The molecule has 1 aliphatic carbocycles. The maximum atomic E-state index is 12.3. The number of nitrogens with zero attached hydrogens (tertiary/aromatic N) is 3.